The average molecular weight is 381 g/mol. The molecule has 0 aliphatic rings. The fourth-order valence-corrected chi connectivity index (χ4v) is 3.39. The number of anilines is 1. The second-order valence-corrected chi connectivity index (χ2v) is 7.49. The molecular weight excluding hydrogens is 364 g/mol. The van der Waals surface area contributed by atoms with Crippen LogP contribution in [0, 0.1) is 0 Å². The molecule has 0 bridgehead atoms. The van der Waals surface area contributed by atoms with Crippen LogP contribution < -0.4 is 10.0 Å². The molecule has 0 fully saturated rings. The molecule has 0 atom stereocenters. The smallest absolute Gasteiger partial charge is 0.240 e. The molecule has 25 heavy (non-hydrogen) atoms. The van der Waals surface area contributed by atoms with E-state index in [1.165, 1.54) is 25.1 Å². The fraction of sp³-hybridized carbons (Fsp3) is 0.176. The lowest BCUT2D eigenvalue weighted by atomic mass is 10.1. The van der Waals surface area contributed by atoms with Crippen LogP contribution >= 0.6 is 11.6 Å². The highest BCUT2D eigenvalue weighted by Gasteiger charge is 2.14. The van der Waals surface area contributed by atoms with Gasteiger partial charge in [0.15, 0.2) is 5.78 Å². The Hall–Kier alpha value is -2.22. The summed E-state index contributed by atoms with van der Waals surface area (Å²) in [6.07, 6.45) is -0.0515. The average Bonchev–Trinajstić information content (AvgIpc) is 2.55. The molecule has 0 saturated carbocycles. The lowest BCUT2D eigenvalue weighted by Crippen LogP contribution is -2.27. The van der Waals surface area contributed by atoms with Gasteiger partial charge in [0, 0.05) is 29.2 Å². The van der Waals surface area contributed by atoms with Crippen LogP contribution in [0.25, 0.3) is 0 Å². The number of Topliss-reactive ketones (excluding diaryl/α,β-unsaturated/α-hetero) is 1. The summed E-state index contributed by atoms with van der Waals surface area (Å²) in [6, 6.07) is 12.4. The van der Waals surface area contributed by atoms with Gasteiger partial charge >= 0.3 is 0 Å². The Morgan fingerprint density at radius 3 is 2.48 bits per heavy atom. The molecule has 0 aromatic heterocycles. The monoisotopic (exact) mass is 380 g/mol. The fourth-order valence-electron chi connectivity index (χ4n) is 2.06. The van der Waals surface area contributed by atoms with Gasteiger partial charge in [-0.15, -0.1) is 0 Å². The molecule has 0 radical (unpaired) electrons. The molecule has 132 valence electrons. The highest BCUT2D eigenvalue weighted by molar-refractivity contribution is 7.89. The van der Waals surface area contributed by atoms with Gasteiger partial charge in [0.05, 0.1) is 4.90 Å². The maximum absolute atomic E-state index is 12.1. The summed E-state index contributed by atoms with van der Waals surface area (Å²) < 4.78 is 26.6. The minimum absolute atomic E-state index is 0.0366. The van der Waals surface area contributed by atoms with Crippen LogP contribution in [0.4, 0.5) is 5.69 Å². The highest BCUT2D eigenvalue weighted by Crippen LogP contribution is 2.15. The Morgan fingerprint density at radius 2 is 1.80 bits per heavy atom. The summed E-state index contributed by atoms with van der Waals surface area (Å²) in [5, 5.41) is 2.94. The number of hydrogen-bond acceptors (Lipinski definition) is 4. The maximum Gasteiger partial charge on any atom is 0.240 e. The van der Waals surface area contributed by atoms with Gasteiger partial charge in [0.2, 0.25) is 15.9 Å². The van der Waals surface area contributed by atoms with E-state index in [4.69, 9.17) is 11.6 Å². The minimum atomic E-state index is -3.73. The van der Waals surface area contributed by atoms with Crippen LogP contribution in [-0.2, 0) is 14.8 Å². The van der Waals surface area contributed by atoms with Gasteiger partial charge in [-0.2, -0.15) is 0 Å². The predicted molar refractivity (Wildman–Crippen MR) is 96.3 cm³/mol. The molecule has 0 saturated heterocycles. The number of ketones is 1. The first-order valence-corrected chi connectivity index (χ1v) is 9.30. The van der Waals surface area contributed by atoms with Crippen LogP contribution in [0.1, 0.15) is 23.7 Å². The van der Waals surface area contributed by atoms with E-state index in [-0.39, 0.29) is 29.6 Å². The molecule has 0 aliphatic heterocycles. The van der Waals surface area contributed by atoms with Gasteiger partial charge in [-0.3, -0.25) is 9.59 Å². The van der Waals surface area contributed by atoms with Gasteiger partial charge < -0.3 is 5.32 Å². The van der Waals surface area contributed by atoms with E-state index < -0.39 is 10.0 Å². The van der Waals surface area contributed by atoms with E-state index in [1.807, 2.05) is 0 Å². The molecule has 8 heteroatoms. The van der Waals surface area contributed by atoms with Crippen molar-refractivity contribution in [3.8, 4) is 0 Å². The van der Waals surface area contributed by atoms with Crippen molar-refractivity contribution >= 4 is 39.0 Å². The molecule has 2 rings (SSSR count). The molecule has 0 aliphatic carbocycles. The number of amides is 1. The molecule has 2 N–H and O–H groups in total. The van der Waals surface area contributed by atoms with Crippen molar-refractivity contribution in [1.29, 1.82) is 0 Å². The predicted octanol–water partition coefficient (Wildman–Crippen LogP) is 2.85. The molecule has 2 aromatic carbocycles. The van der Waals surface area contributed by atoms with E-state index >= 15 is 0 Å². The number of carbonyl (C=O) groups is 2. The Balaban J connectivity index is 1.90. The van der Waals surface area contributed by atoms with Gasteiger partial charge in [-0.1, -0.05) is 29.8 Å². The zero-order chi connectivity index (χ0) is 18.4. The third kappa shape index (κ3) is 5.67. The number of nitrogens with one attached hydrogen (secondary N) is 2. The summed E-state index contributed by atoms with van der Waals surface area (Å²) in [5.74, 6) is -0.472. The molecule has 6 nitrogen and oxygen atoms in total. The van der Waals surface area contributed by atoms with E-state index in [9.17, 15) is 18.0 Å². The van der Waals surface area contributed by atoms with Crippen molar-refractivity contribution in [2.24, 2.45) is 0 Å². The van der Waals surface area contributed by atoms with E-state index in [1.54, 1.807) is 30.3 Å². The SMILES string of the molecule is CC(=O)c1cccc(NC(=O)CCNS(=O)(=O)c2cccc(Cl)c2)c1. The summed E-state index contributed by atoms with van der Waals surface area (Å²) in [4.78, 5) is 23.3. The largest absolute Gasteiger partial charge is 0.326 e. The number of halogens is 1. The number of sulfonamides is 1. The lowest BCUT2D eigenvalue weighted by Gasteiger charge is -2.08. The number of rotatable bonds is 7. The third-order valence-electron chi connectivity index (χ3n) is 3.30. The summed E-state index contributed by atoms with van der Waals surface area (Å²) in [5.41, 5.74) is 0.967. The Kier molecular flexibility index (Phi) is 6.30. The van der Waals surface area contributed by atoms with Crippen molar-refractivity contribution in [2.75, 3.05) is 11.9 Å². The first-order valence-electron chi connectivity index (χ1n) is 7.44. The number of carbonyl (C=O) groups excluding carboxylic acids is 2. The zero-order valence-electron chi connectivity index (χ0n) is 13.5. The second-order valence-electron chi connectivity index (χ2n) is 5.29. The van der Waals surface area contributed by atoms with Gasteiger partial charge in [0.1, 0.15) is 0 Å². The minimum Gasteiger partial charge on any atom is -0.326 e. The number of benzene rings is 2. The topological polar surface area (TPSA) is 92.3 Å². The zero-order valence-corrected chi connectivity index (χ0v) is 15.0. The van der Waals surface area contributed by atoms with Crippen molar-refractivity contribution in [3.63, 3.8) is 0 Å². The van der Waals surface area contributed by atoms with E-state index in [0.717, 1.165) is 0 Å². The van der Waals surface area contributed by atoms with Crippen molar-refractivity contribution in [3.05, 3.63) is 59.1 Å². The second kappa shape index (κ2) is 8.24. The van der Waals surface area contributed by atoms with E-state index in [2.05, 4.69) is 10.0 Å². The first kappa shape index (κ1) is 19.1. The van der Waals surface area contributed by atoms with Crippen LogP contribution in [0.3, 0.4) is 0 Å². The molecular formula is C17H17ClN2O4S. The Morgan fingerprint density at radius 1 is 1.08 bits per heavy atom. The standard InChI is InChI=1S/C17H17ClN2O4S/c1-12(21)13-4-2-6-15(10-13)20-17(22)8-9-19-25(23,24)16-7-3-5-14(18)11-16/h2-7,10-11,19H,8-9H2,1H3,(H,20,22). The maximum atomic E-state index is 12.1. The quantitative estimate of drug-likeness (QED) is 0.722. The van der Waals surface area contributed by atoms with Crippen molar-refractivity contribution in [2.45, 2.75) is 18.2 Å². The molecule has 1 amide bonds. The van der Waals surface area contributed by atoms with Crippen LogP contribution in [0.5, 0.6) is 0 Å². The van der Waals surface area contributed by atoms with Gasteiger partial charge in [-0.25, -0.2) is 13.1 Å². The van der Waals surface area contributed by atoms with Crippen LogP contribution in [-0.4, -0.2) is 26.7 Å². The highest BCUT2D eigenvalue weighted by atomic mass is 35.5. The van der Waals surface area contributed by atoms with E-state index in [0.29, 0.717) is 16.3 Å². The summed E-state index contributed by atoms with van der Waals surface area (Å²) >= 11 is 5.78. The van der Waals surface area contributed by atoms with Crippen molar-refractivity contribution in [1.82, 2.24) is 4.72 Å². The Bertz CT molecular complexity index is 897. The molecule has 0 spiro atoms. The van der Waals surface area contributed by atoms with Crippen LogP contribution in [0.15, 0.2) is 53.4 Å². The molecule has 0 heterocycles. The van der Waals surface area contributed by atoms with Crippen LogP contribution in [0.2, 0.25) is 5.02 Å². The lowest BCUT2D eigenvalue weighted by molar-refractivity contribution is -0.116. The van der Waals surface area contributed by atoms with Gasteiger partial charge in [0.25, 0.3) is 0 Å². The number of hydrogen-bond donors (Lipinski definition) is 2. The summed E-state index contributed by atoms with van der Waals surface area (Å²) in [6.45, 7) is 1.37. The van der Waals surface area contributed by atoms with Gasteiger partial charge in [-0.05, 0) is 37.3 Å². The third-order valence-corrected chi connectivity index (χ3v) is 5.00. The Labute approximate surface area is 151 Å². The molecule has 0 unspecified atom stereocenters. The first-order chi connectivity index (χ1) is 11.8. The normalized spacial score (nSPS) is 11.1. The van der Waals surface area contributed by atoms with Crippen molar-refractivity contribution < 1.29 is 18.0 Å². The molecule has 2 aromatic rings. The summed E-state index contributed by atoms with van der Waals surface area (Å²) in [7, 11) is -3.73.